The second-order valence-electron chi connectivity index (χ2n) is 6.74. The lowest BCUT2D eigenvalue weighted by Gasteiger charge is -2.17. The number of carbonyl (C=O) groups is 1. The van der Waals surface area contributed by atoms with E-state index in [4.69, 9.17) is 0 Å². The van der Waals surface area contributed by atoms with Gasteiger partial charge in [-0.3, -0.25) is 14.0 Å². The number of rotatable bonds is 3. The Hall–Kier alpha value is -3.82. The van der Waals surface area contributed by atoms with Crippen LogP contribution in [0, 0.1) is 0 Å². The summed E-state index contributed by atoms with van der Waals surface area (Å²) in [5.41, 5.74) is 0.353. The van der Waals surface area contributed by atoms with Crippen LogP contribution in [0.2, 0.25) is 0 Å². The molecule has 4 aromatic rings. The number of carbonyl (C=O) groups excluding carboxylic acids is 1. The highest BCUT2D eigenvalue weighted by Crippen LogP contribution is 2.32. The molecule has 0 aliphatic carbocycles. The van der Waals surface area contributed by atoms with Gasteiger partial charge in [0.05, 0.1) is 22.8 Å². The molecule has 0 spiro atoms. The summed E-state index contributed by atoms with van der Waals surface area (Å²) in [6, 6.07) is 11.1. The Labute approximate surface area is 167 Å². The number of alkyl halides is 3. The zero-order valence-electron chi connectivity index (χ0n) is 15.8. The third-order valence-corrected chi connectivity index (χ3v) is 4.48. The van der Waals surface area contributed by atoms with Crippen molar-refractivity contribution in [3.05, 3.63) is 64.6 Å². The molecule has 10 heteroatoms. The quantitative estimate of drug-likeness (QED) is 0.555. The monoisotopic (exact) mass is 416 g/mol. The normalized spacial score (nSPS) is 11.8. The van der Waals surface area contributed by atoms with Gasteiger partial charge in [-0.1, -0.05) is 30.3 Å². The molecule has 30 heavy (non-hydrogen) atoms. The first-order chi connectivity index (χ1) is 14.2. The van der Waals surface area contributed by atoms with Crippen LogP contribution in [0.1, 0.15) is 10.4 Å². The number of nitrogens with one attached hydrogen (secondary N) is 1. The summed E-state index contributed by atoms with van der Waals surface area (Å²) < 4.78 is 44.7. The van der Waals surface area contributed by atoms with Crippen LogP contribution in [-0.2, 0) is 0 Å². The van der Waals surface area contributed by atoms with E-state index in [0.29, 0.717) is 11.4 Å². The number of imidazole rings is 1. The van der Waals surface area contributed by atoms with Crippen molar-refractivity contribution in [2.45, 2.75) is 6.36 Å². The van der Waals surface area contributed by atoms with Crippen molar-refractivity contribution in [3.63, 3.8) is 0 Å². The van der Waals surface area contributed by atoms with Gasteiger partial charge in [-0.05, 0) is 6.07 Å². The number of H-pyrrole nitrogens is 1. The Morgan fingerprint density at radius 1 is 1.13 bits per heavy atom. The van der Waals surface area contributed by atoms with E-state index in [2.05, 4.69) is 14.7 Å². The molecule has 0 saturated carbocycles. The Balaban J connectivity index is 2.09. The molecule has 0 radical (unpaired) electrons. The molecule has 4 rings (SSSR count). The highest BCUT2D eigenvalue weighted by Gasteiger charge is 2.34. The zero-order chi connectivity index (χ0) is 21.6. The van der Waals surface area contributed by atoms with Crippen molar-refractivity contribution in [3.8, 4) is 17.1 Å². The first kappa shape index (κ1) is 19.5. The summed E-state index contributed by atoms with van der Waals surface area (Å²) in [5, 5.41) is 0. The van der Waals surface area contributed by atoms with E-state index in [9.17, 15) is 22.8 Å². The minimum atomic E-state index is -5.01. The second-order valence-corrected chi connectivity index (χ2v) is 6.74. The van der Waals surface area contributed by atoms with Gasteiger partial charge < -0.3 is 14.6 Å². The molecule has 2 aromatic carbocycles. The van der Waals surface area contributed by atoms with Crippen molar-refractivity contribution in [1.29, 1.82) is 0 Å². The molecule has 0 aliphatic rings. The Morgan fingerprint density at radius 2 is 1.83 bits per heavy atom. The summed E-state index contributed by atoms with van der Waals surface area (Å²) in [6.45, 7) is 0. The van der Waals surface area contributed by atoms with E-state index in [0.717, 1.165) is 11.0 Å². The minimum Gasteiger partial charge on any atom is -0.405 e. The fourth-order valence-corrected chi connectivity index (χ4v) is 3.20. The topological polar surface area (TPSA) is 79.7 Å². The third kappa shape index (κ3) is 3.36. The van der Waals surface area contributed by atoms with Gasteiger partial charge in [-0.25, -0.2) is 4.98 Å². The van der Waals surface area contributed by atoms with Crippen LogP contribution in [-0.4, -0.2) is 45.6 Å². The Kier molecular flexibility index (Phi) is 4.49. The number of nitrogens with zero attached hydrogens (tertiary/aromatic N) is 3. The number of hydrogen-bond donors (Lipinski definition) is 1. The van der Waals surface area contributed by atoms with Crippen LogP contribution in [0.3, 0.4) is 0 Å². The summed E-state index contributed by atoms with van der Waals surface area (Å²) in [4.78, 5) is 33.0. The van der Waals surface area contributed by atoms with Gasteiger partial charge in [0.25, 0.3) is 11.5 Å². The summed E-state index contributed by atoms with van der Waals surface area (Å²) in [5.74, 6) is -1.01. The molecule has 154 valence electrons. The fourth-order valence-electron chi connectivity index (χ4n) is 3.20. The van der Waals surface area contributed by atoms with Gasteiger partial charge in [0.1, 0.15) is 17.1 Å². The molecular formula is C20H15F3N4O3. The highest BCUT2D eigenvalue weighted by molar-refractivity contribution is 6.00. The molecule has 0 aliphatic heterocycles. The van der Waals surface area contributed by atoms with E-state index < -0.39 is 23.6 Å². The predicted octanol–water partition coefficient (Wildman–Crippen LogP) is 3.44. The molecule has 1 N–H and O–H groups in total. The van der Waals surface area contributed by atoms with Gasteiger partial charge in [0, 0.05) is 25.7 Å². The maximum Gasteiger partial charge on any atom is 0.573 e. The number of aromatic nitrogens is 3. The van der Waals surface area contributed by atoms with Crippen LogP contribution in [0.25, 0.3) is 27.9 Å². The molecule has 0 saturated heterocycles. The van der Waals surface area contributed by atoms with Gasteiger partial charge in [0.2, 0.25) is 0 Å². The Morgan fingerprint density at radius 3 is 2.47 bits per heavy atom. The number of ether oxygens (including phenoxy) is 1. The van der Waals surface area contributed by atoms with Gasteiger partial charge in [-0.15, -0.1) is 13.2 Å². The maximum absolute atomic E-state index is 13.0. The summed E-state index contributed by atoms with van der Waals surface area (Å²) in [7, 11) is 2.80. The van der Waals surface area contributed by atoms with Gasteiger partial charge in [0.15, 0.2) is 0 Å². The van der Waals surface area contributed by atoms with Crippen LogP contribution in [0.4, 0.5) is 13.2 Å². The van der Waals surface area contributed by atoms with E-state index >= 15 is 0 Å². The Bertz CT molecular complexity index is 1320. The second kappa shape index (κ2) is 6.90. The molecule has 2 aromatic heterocycles. The maximum atomic E-state index is 13.0. The largest absolute Gasteiger partial charge is 0.573 e. The summed E-state index contributed by atoms with van der Waals surface area (Å²) >= 11 is 0. The lowest BCUT2D eigenvalue weighted by atomic mass is 10.1. The van der Waals surface area contributed by atoms with Gasteiger partial charge in [-0.2, -0.15) is 0 Å². The standard InChI is InChI=1S/C20H15F3N4O3/c1-26(2)19(29)12-8-13-14(9-16(12)30-20(21,22)23)27-15(18(28)25-13)10-24-17(27)11-6-4-3-5-7-11/h3-10H,1-2H3,(H,25,28). The van der Waals surface area contributed by atoms with E-state index in [1.54, 1.807) is 30.3 Å². The number of hydrogen-bond acceptors (Lipinski definition) is 4. The number of amides is 1. The lowest BCUT2D eigenvalue weighted by Crippen LogP contribution is -2.25. The molecule has 7 nitrogen and oxygen atoms in total. The minimum absolute atomic E-state index is 0.144. The van der Waals surface area contributed by atoms with Crippen molar-refractivity contribution in [2.24, 2.45) is 0 Å². The van der Waals surface area contributed by atoms with Crippen molar-refractivity contribution in [2.75, 3.05) is 14.1 Å². The van der Waals surface area contributed by atoms with Crippen molar-refractivity contribution in [1.82, 2.24) is 19.3 Å². The average Bonchev–Trinajstić information content (AvgIpc) is 3.13. The van der Waals surface area contributed by atoms with E-state index in [1.165, 1.54) is 30.8 Å². The van der Waals surface area contributed by atoms with Crippen LogP contribution in [0.5, 0.6) is 5.75 Å². The predicted molar refractivity (Wildman–Crippen MR) is 103 cm³/mol. The van der Waals surface area contributed by atoms with Crippen LogP contribution >= 0.6 is 0 Å². The first-order valence-electron chi connectivity index (χ1n) is 8.76. The number of fused-ring (bicyclic) bond motifs is 3. The number of halogens is 3. The fraction of sp³-hybridized carbons (Fsp3) is 0.150. The molecule has 0 bridgehead atoms. The van der Waals surface area contributed by atoms with Crippen LogP contribution in [0.15, 0.2) is 53.5 Å². The third-order valence-electron chi connectivity index (χ3n) is 4.48. The smallest absolute Gasteiger partial charge is 0.405 e. The van der Waals surface area contributed by atoms with Crippen molar-refractivity contribution < 1.29 is 22.7 Å². The highest BCUT2D eigenvalue weighted by atomic mass is 19.4. The first-order valence-corrected chi connectivity index (χ1v) is 8.76. The molecule has 0 fully saturated rings. The lowest BCUT2D eigenvalue weighted by molar-refractivity contribution is -0.274. The molecule has 2 heterocycles. The molecular weight excluding hydrogens is 401 g/mol. The van der Waals surface area contributed by atoms with E-state index in [1.807, 2.05) is 0 Å². The molecule has 1 amide bonds. The van der Waals surface area contributed by atoms with Crippen molar-refractivity contribution >= 4 is 22.5 Å². The van der Waals surface area contributed by atoms with Gasteiger partial charge >= 0.3 is 6.36 Å². The van der Waals surface area contributed by atoms with E-state index in [-0.39, 0.29) is 22.1 Å². The molecule has 0 atom stereocenters. The molecule has 0 unspecified atom stereocenters. The summed E-state index contributed by atoms with van der Waals surface area (Å²) in [6.07, 6.45) is -3.67. The SMILES string of the molecule is CN(C)C(=O)c1cc2[nH]c(=O)c3cnc(-c4ccccc4)n3c2cc1OC(F)(F)F. The average molecular weight is 416 g/mol. The number of benzene rings is 2. The number of aromatic amines is 1. The van der Waals surface area contributed by atoms with Crippen LogP contribution < -0.4 is 10.3 Å². The zero-order valence-corrected chi connectivity index (χ0v) is 15.8.